The van der Waals surface area contributed by atoms with E-state index in [9.17, 15) is 9.59 Å². The van der Waals surface area contributed by atoms with E-state index in [-0.39, 0.29) is 11.8 Å². The molecule has 20 heavy (non-hydrogen) atoms. The number of hydrogen-bond acceptors (Lipinski definition) is 2. The van der Waals surface area contributed by atoms with E-state index in [0.717, 1.165) is 29.6 Å². The lowest BCUT2D eigenvalue weighted by atomic mass is 10.0. The average Bonchev–Trinajstić information content (AvgIpc) is 2.79. The molecule has 4 nitrogen and oxygen atoms in total. The minimum absolute atomic E-state index is 0.0629. The number of aryl methyl sites for hydroxylation is 2. The third kappa shape index (κ3) is 2.03. The molecule has 0 aromatic heterocycles. The van der Waals surface area contributed by atoms with Crippen LogP contribution < -0.4 is 10.6 Å². The Kier molecular flexibility index (Phi) is 2.93. The maximum Gasteiger partial charge on any atom is 0.221 e. The molecule has 0 heterocycles. The number of hydrogen-bond donors (Lipinski definition) is 2. The molecule has 0 fully saturated rings. The molecule has 0 bridgehead atoms. The monoisotopic (exact) mass is 268 g/mol. The van der Waals surface area contributed by atoms with Crippen molar-refractivity contribution >= 4 is 34.0 Å². The maximum absolute atomic E-state index is 11.3. The zero-order chi connectivity index (χ0) is 14.3. The Morgan fingerprint density at radius 3 is 2.25 bits per heavy atom. The van der Waals surface area contributed by atoms with Gasteiger partial charge in [-0.1, -0.05) is 12.1 Å². The number of amides is 2. The van der Waals surface area contributed by atoms with Gasteiger partial charge in [0.05, 0.1) is 0 Å². The molecular weight excluding hydrogens is 252 g/mol. The summed E-state index contributed by atoms with van der Waals surface area (Å²) in [7, 11) is 0. The first kappa shape index (κ1) is 12.7. The van der Waals surface area contributed by atoms with Crippen molar-refractivity contribution in [1.82, 2.24) is 0 Å². The van der Waals surface area contributed by atoms with E-state index in [1.54, 1.807) is 0 Å². The fourth-order valence-electron chi connectivity index (χ4n) is 2.93. The van der Waals surface area contributed by atoms with Gasteiger partial charge >= 0.3 is 0 Å². The van der Waals surface area contributed by atoms with Gasteiger partial charge in [0.25, 0.3) is 0 Å². The number of benzene rings is 2. The number of nitrogens with one attached hydrogen (secondary N) is 2. The molecule has 2 aromatic carbocycles. The van der Waals surface area contributed by atoms with Crippen molar-refractivity contribution in [2.45, 2.75) is 26.7 Å². The van der Waals surface area contributed by atoms with Crippen LogP contribution >= 0.6 is 0 Å². The van der Waals surface area contributed by atoms with E-state index in [1.807, 2.05) is 18.2 Å². The molecule has 0 saturated carbocycles. The van der Waals surface area contributed by atoms with Crippen LogP contribution in [-0.2, 0) is 22.4 Å². The van der Waals surface area contributed by atoms with Gasteiger partial charge in [0, 0.05) is 30.6 Å². The zero-order valence-corrected chi connectivity index (χ0v) is 11.5. The highest BCUT2D eigenvalue weighted by atomic mass is 16.2. The molecule has 2 N–H and O–H groups in total. The Morgan fingerprint density at radius 2 is 1.55 bits per heavy atom. The summed E-state index contributed by atoms with van der Waals surface area (Å²) in [5, 5.41) is 7.96. The number of carbonyl (C=O) groups is 2. The Balaban J connectivity index is 2.21. The van der Waals surface area contributed by atoms with E-state index in [2.05, 4.69) is 16.7 Å². The van der Waals surface area contributed by atoms with Crippen molar-refractivity contribution in [2.24, 2.45) is 0 Å². The molecule has 2 aromatic rings. The first-order chi connectivity index (χ1) is 9.56. The molecule has 0 atom stereocenters. The molecule has 0 spiro atoms. The second-order valence-electron chi connectivity index (χ2n) is 5.15. The van der Waals surface area contributed by atoms with E-state index in [0.29, 0.717) is 0 Å². The van der Waals surface area contributed by atoms with Crippen LogP contribution in [0.15, 0.2) is 24.3 Å². The molecule has 0 aliphatic heterocycles. The van der Waals surface area contributed by atoms with E-state index in [1.165, 1.54) is 30.4 Å². The maximum atomic E-state index is 11.3. The number of carbonyl (C=O) groups excluding carboxylic acids is 2. The summed E-state index contributed by atoms with van der Waals surface area (Å²) in [6, 6.07) is 7.89. The standard InChI is InChI=1S/C16H16N2O2/c1-9(19)17-14-7-4-11-3-5-12-15(18-10(2)20)8-6-13(14)16(11)12/h4,6-8H,3,5H2,1-2H3,(H,17,19)(H,18,20). The van der Waals surface area contributed by atoms with E-state index >= 15 is 0 Å². The van der Waals surface area contributed by atoms with Crippen molar-refractivity contribution in [1.29, 1.82) is 0 Å². The second-order valence-corrected chi connectivity index (χ2v) is 5.15. The molecule has 0 unspecified atom stereocenters. The summed E-state index contributed by atoms with van der Waals surface area (Å²) < 4.78 is 0. The van der Waals surface area contributed by atoms with Crippen LogP contribution in [0.3, 0.4) is 0 Å². The topological polar surface area (TPSA) is 58.2 Å². The van der Waals surface area contributed by atoms with Gasteiger partial charge in [-0.15, -0.1) is 0 Å². The van der Waals surface area contributed by atoms with Crippen LogP contribution in [-0.4, -0.2) is 11.8 Å². The van der Waals surface area contributed by atoms with E-state index < -0.39 is 0 Å². The van der Waals surface area contributed by atoms with Crippen LogP contribution in [0.4, 0.5) is 11.4 Å². The van der Waals surface area contributed by atoms with Gasteiger partial charge in [0.2, 0.25) is 11.8 Å². The van der Waals surface area contributed by atoms with Crippen LogP contribution in [0.25, 0.3) is 10.8 Å². The molecule has 1 aliphatic rings. The summed E-state index contributed by atoms with van der Waals surface area (Å²) in [4.78, 5) is 22.6. The van der Waals surface area contributed by atoms with Crippen molar-refractivity contribution in [3.05, 3.63) is 35.4 Å². The van der Waals surface area contributed by atoms with Crippen LogP contribution in [0.5, 0.6) is 0 Å². The molecular formula is C16H16N2O2. The molecule has 3 rings (SSSR count). The summed E-state index contributed by atoms with van der Waals surface area (Å²) in [6.45, 7) is 3.02. The van der Waals surface area contributed by atoms with Crippen LogP contribution in [0, 0.1) is 0 Å². The first-order valence-electron chi connectivity index (χ1n) is 6.69. The Morgan fingerprint density at radius 1 is 0.900 bits per heavy atom. The van der Waals surface area contributed by atoms with Crippen LogP contribution in [0.2, 0.25) is 0 Å². The molecule has 0 radical (unpaired) electrons. The lowest BCUT2D eigenvalue weighted by Crippen LogP contribution is -2.08. The average molecular weight is 268 g/mol. The third-order valence-corrected chi connectivity index (χ3v) is 3.64. The van der Waals surface area contributed by atoms with E-state index in [4.69, 9.17) is 0 Å². The van der Waals surface area contributed by atoms with Gasteiger partial charge in [-0.3, -0.25) is 9.59 Å². The Labute approximate surface area is 117 Å². The summed E-state index contributed by atoms with van der Waals surface area (Å²) >= 11 is 0. The molecule has 0 saturated heterocycles. The molecule has 4 heteroatoms. The van der Waals surface area contributed by atoms with Gasteiger partial charge in [-0.25, -0.2) is 0 Å². The largest absolute Gasteiger partial charge is 0.326 e. The Bertz CT molecular complexity index is 735. The van der Waals surface area contributed by atoms with Crippen molar-refractivity contribution in [2.75, 3.05) is 10.6 Å². The zero-order valence-electron chi connectivity index (χ0n) is 11.5. The minimum atomic E-state index is -0.0780. The number of anilines is 2. The normalized spacial score (nSPS) is 12.5. The van der Waals surface area contributed by atoms with Crippen molar-refractivity contribution in [3.8, 4) is 0 Å². The molecule has 102 valence electrons. The first-order valence-corrected chi connectivity index (χ1v) is 6.69. The molecule has 1 aliphatic carbocycles. The van der Waals surface area contributed by atoms with Gasteiger partial charge in [-0.05, 0) is 41.5 Å². The lowest BCUT2D eigenvalue weighted by Gasteiger charge is -2.12. The summed E-state index contributed by atoms with van der Waals surface area (Å²) in [6.07, 6.45) is 1.90. The van der Waals surface area contributed by atoms with Crippen molar-refractivity contribution < 1.29 is 9.59 Å². The Hall–Kier alpha value is -2.36. The fraction of sp³-hybridized carbons (Fsp3) is 0.250. The van der Waals surface area contributed by atoms with Crippen LogP contribution in [0.1, 0.15) is 25.0 Å². The SMILES string of the molecule is CC(=O)Nc1ccc2c(NC(C)=O)ccc3c2c1CC3. The predicted molar refractivity (Wildman–Crippen MR) is 80.0 cm³/mol. The predicted octanol–water partition coefficient (Wildman–Crippen LogP) is 2.86. The fourth-order valence-corrected chi connectivity index (χ4v) is 2.93. The smallest absolute Gasteiger partial charge is 0.221 e. The molecule has 2 amide bonds. The van der Waals surface area contributed by atoms with Gasteiger partial charge in [0.1, 0.15) is 0 Å². The summed E-state index contributed by atoms with van der Waals surface area (Å²) in [5.74, 6) is -0.141. The highest BCUT2D eigenvalue weighted by Crippen LogP contribution is 2.39. The quantitative estimate of drug-likeness (QED) is 0.880. The highest BCUT2D eigenvalue weighted by Gasteiger charge is 2.20. The van der Waals surface area contributed by atoms with Gasteiger partial charge in [0.15, 0.2) is 0 Å². The van der Waals surface area contributed by atoms with Gasteiger partial charge in [-0.2, -0.15) is 0 Å². The minimum Gasteiger partial charge on any atom is -0.326 e. The van der Waals surface area contributed by atoms with Gasteiger partial charge < -0.3 is 10.6 Å². The lowest BCUT2D eigenvalue weighted by molar-refractivity contribution is -0.115. The third-order valence-electron chi connectivity index (χ3n) is 3.64. The second kappa shape index (κ2) is 4.63. The van der Waals surface area contributed by atoms with Crippen molar-refractivity contribution in [3.63, 3.8) is 0 Å². The number of rotatable bonds is 2. The summed E-state index contributed by atoms with van der Waals surface area (Å²) in [5.41, 5.74) is 4.15. The highest BCUT2D eigenvalue weighted by molar-refractivity contribution is 6.07.